The molecule has 0 spiro atoms. The molecule has 1 saturated heterocycles. The van der Waals surface area contributed by atoms with Crippen LogP contribution in [-0.2, 0) is 0 Å². The van der Waals surface area contributed by atoms with E-state index in [-0.39, 0.29) is 6.03 Å². The molecule has 0 atom stereocenters. The highest BCUT2D eigenvalue weighted by Gasteiger charge is 2.21. The van der Waals surface area contributed by atoms with Gasteiger partial charge in [-0.1, -0.05) is 0 Å². The molecule has 5 nitrogen and oxygen atoms in total. The number of nitrogens with one attached hydrogen (secondary N) is 2. The van der Waals surface area contributed by atoms with Crippen molar-refractivity contribution in [1.82, 2.24) is 10.2 Å². The Morgan fingerprint density at radius 1 is 1.18 bits per heavy atom. The Kier molecular flexibility index (Phi) is 4.52. The summed E-state index contributed by atoms with van der Waals surface area (Å²) in [5.74, 6) is 0.698. The van der Waals surface area contributed by atoms with Gasteiger partial charge in [0.25, 0.3) is 0 Å². The molecule has 0 radical (unpaired) electrons. The molecule has 120 valence electrons. The van der Waals surface area contributed by atoms with Gasteiger partial charge in [0.2, 0.25) is 0 Å². The van der Waals surface area contributed by atoms with Crippen LogP contribution in [0.3, 0.4) is 0 Å². The highest BCUT2D eigenvalue weighted by atomic mass is 16.2. The van der Waals surface area contributed by atoms with E-state index in [9.17, 15) is 4.79 Å². The van der Waals surface area contributed by atoms with Crippen LogP contribution in [0.1, 0.15) is 18.4 Å². The van der Waals surface area contributed by atoms with Crippen molar-refractivity contribution in [3.63, 3.8) is 0 Å². The van der Waals surface area contributed by atoms with E-state index < -0.39 is 0 Å². The van der Waals surface area contributed by atoms with Gasteiger partial charge in [-0.2, -0.15) is 0 Å². The molecule has 1 aromatic carbocycles. The van der Waals surface area contributed by atoms with Gasteiger partial charge in [-0.3, -0.25) is 0 Å². The first kappa shape index (κ1) is 15.2. The molecule has 3 rings (SSSR count). The zero-order valence-electron chi connectivity index (χ0n) is 13.6. The van der Waals surface area contributed by atoms with Crippen molar-refractivity contribution >= 4 is 17.4 Å². The van der Waals surface area contributed by atoms with Crippen molar-refractivity contribution in [2.75, 3.05) is 50.0 Å². The summed E-state index contributed by atoms with van der Waals surface area (Å²) >= 11 is 0. The quantitative estimate of drug-likeness (QED) is 0.897. The van der Waals surface area contributed by atoms with Crippen LogP contribution in [0.25, 0.3) is 0 Å². The van der Waals surface area contributed by atoms with Crippen molar-refractivity contribution in [2.45, 2.75) is 19.8 Å². The summed E-state index contributed by atoms with van der Waals surface area (Å²) in [6.45, 7) is 7.10. The van der Waals surface area contributed by atoms with Gasteiger partial charge in [0, 0.05) is 44.1 Å². The largest absolute Gasteiger partial charge is 0.369 e. The first-order valence-electron chi connectivity index (χ1n) is 8.20. The van der Waals surface area contributed by atoms with Crippen molar-refractivity contribution in [3.05, 3.63) is 23.8 Å². The fourth-order valence-corrected chi connectivity index (χ4v) is 2.82. The van der Waals surface area contributed by atoms with Gasteiger partial charge in [-0.05, 0) is 56.5 Å². The van der Waals surface area contributed by atoms with Crippen LogP contribution in [0.15, 0.2) is 18.2 Å². The molecule has 5 heteroatoms. The molecular formula is C17H26N4O. The number of hydrogen-bond donors (Lipinski definition) is 2. The molecule has 22 heavy (non-hydrogen) atoms. The van der Waals surface area contributed by atoms with Crippen molar-refractivity contribution in [1.29, 1.82) is 0 Å². The molecular weight excluding hydrogens is 276 g/mol. The van der Waals surface area contributed by atoms with Gasteiger partial charge >= 0.3 is 6.03 Å². The van der Waals surface area contributed by atoms with Crippen molar-refractivity contribution < 1.29 is 4.79 Å². The molecule has 1 aromatic rings. The van der Waals surface area contributed by atoms with E-state index in [0.717, 1.165) is 38.4 Å². The molecule has 0 bridgehead atoms. The summed E-state index contributed by atoms with van der Waals surface area (Å²) in [6.07, 6.45) is 2.50. The van der Waals surface area contributed by atoms with Crippen molar-refractivity contribution in [3.8, 4) is 0 Å². The number of piperazine rings is 1. The van der Waals surface area contributed by atoms with E-state index >= 15 is 0 Å². The molecule has 1 heterocycles. The Labute approximate surface area is 132 Å². The van der Waals surface area contributed by atoms with Crippen LogP contribution >= 0.6 is 0 Å². The molecule has 1 aliphatic heterocycles. The highest BCUT2D eigenvalue weighted by molar-refractivity contribution is 5.90. The summed E-state index contributed by atoms with van der Waals surface area (Å²) in [5, 5.41) is 5.91. The number of aryl methyl sites for hydroxylation is 1. The Balaban J connectivity index is 1.62. The number of amides is 2. The molecule has 0 unspecified atom stereocenters. The van der Waals surface area contributed by atoms with Crippen LogP contribution in [0.5, 0.6) is 0 Å². The Morgan fingerprint density at radius 3 is 2.59 bits per heavy atom. The smallest absolute Gasteiger partial charge is 0.319 e. The Morgan fingerprint density at radius 2 is 1.91 bits per heavy atom. The van der Waals surface area contributed by atoms with E-state index in [2.05, 4.69) is 46.5 Å². The molecule has 0 aromatic heterocycles. The third kappa shape index (κ3) is 4.13. The predicted molar refractivity (Wildman–Crippen MR) is 90.6 cm³/mol. The van der Waals surface area contributed by atoms with E-state index in [1.54, 1.807) is 0 Å². The summed E-state index contributed by atoms with van der Waals surface area (Å²) < 4.78 is 0. The van der Waals surface area contributed by atoms with Gasteiger partial charge in [-0.15, -0.1) is 0 Å². The molecule has 2 aliphatic rings. The maximum absolute atomic E-state index is 11.9. The van der Waals surface area contributed by atoms with Gasteiger partial charge in [0.15, 0.2) is 0 Å². The van der Waals surface area contributed by atoms with E-state index in [4.69, 9.17) is 0 Å². The van der Waals surface area contributed by atoms with Gasteiger partial charge in [0.1, 0.15) is 0 Å². The zero-order valence-corrected chi connectivity index (χ0v) is 13.6. The Hall–Kier alpha value is -1.75. The first-order valence-corrected chi connectivity index (χ1v) is 8.20. The van der Waals surface area contributed by atoms with Crippen LogP contribution < -0.4 is 15.5 Å². The second-order valence-corrected chi connectivity index (χ2v) is 6.63. The number of rotatable bonds is 4. The van der Waals surface area contributed by atoms with E-state index in [1.165, 1.54) is 24.1 Å². The fraction of sp³-hybridized carbons (Fsp3) is 0.588. The lowest BCUT2D eigenvalue weighted by atomic mass is 10.1. The second-order valence-electron chi connectivity index (χ2n) is 6.63. The van der Waals surface area contributed by atoms with E-state index in [0.29, 0.717) is 5.92 Å². The van der Waals surface area contributed by atoms with Gasteiger partial charge < -0.3 is 20.4 Å². The summed E-state index contributed by atoms with van der Waals surface area (Å²) in [6, 6.07) is 6.20. The molecule has 2 amide bonds. The van der Waals surface area contributed by atoms with Crippen LogP contribution in [0.4, 0.5) is 16.2 Å². The molecule has 2 N–H and O–H groups in total. The third-order valence-corrected chi connectivity index (χ3v) is 4.44. The minimum absolute atomic E-state index is 0.0955. The normalized spacial score (nSPS) is 19.1. The number of benzene rings is 1. The van der Waals surface area contributed by atoms with Gasteiger partial charge in [-0.25, -0.2) is 4.79 Å². The number of likely N-dealkylation sites (N-methyl/N-ethyl adjacent to an activating group) is 1. The number of carbonyl (C=O) groups excluding carboxylic acids is 1. The highest BCUT2D eigenvalue weighted by Crippen LogP contribution is 2.27. The topological polar surface area (TPSA) is 47.6 Å². The average molecular weight is 302 g/mol. The lowest BCUT2D eigenvalue weighted by Gasteiger charge is -2.34. The number of carbonyl (C=O) groups is 1. The molecule has 2 fully saturated rings. The third-order valence-electron chi connectivity index (χ3n) is 4.44. The number of hydrogen-bond acceptors (Lipinski definition) is 3. The Bertz CT molecular complexity index is 533. The fourth-order valence-electron chi connectivity index (χ4n) is 2.82. The SMILES string of the molecule is Cc1cc(NC(=O)NCC2CC2)cc(N2CCN(C)CC2)c1. The lowest BCUT2D eigenvalue weighted by molar-refractivity contribution is 0.251. The van der Waals surface area contributed by atoms with E-state index in [1.807, 2.05) is 6.07 Å². The molecule has 1 aliphatic carbocycles. The van der Waals surface area contributed by atoms with Crippen molar-refractivity contribution in [2.24, 2.45) is 5.92 Å². The monoisotopic (exact) mass is 302 g/mol. The predicted octanol–water partition coefficient (Wildman–Crippen LogP) is 2.28. The minimum Gasteiger partial charge on any atom is -0.369 e. The van der Waals surface area contributed by atoms with Crippen LogP contribution in [0.2, 0.25) is 0 Å². The average Bonchev–Trinajstić information content (AvgIpc) is 3.29. The number of urea groups is 1. The molecule has 1 saturated carbocycles. The van der Waals surface area contributed by atoms with Crippen LogP contribution in [-0.4, -0.2) is 50.7 Å². The minimum atomic E-state index is -0.0955. The zero-order chi connectivity index (χ0) is 15.5. The second kappa shape index (κ2) is 6.57. The summed E-state index contributed by atoms with van der Waals surface area (Å²) in [4.78, 5) is 16.7. The van der Waals surface area contributed by atoms with Crippen LogP contribution in [0, 0.1) is 12.8 Å². The lowest BCUT2D eigenvalue weighted by Crippen LogP contribution is -2.44. The number of nitrogens with zero attached hydrogens (tertiary/aromatic N) is 2. The summed E-state index contributed by atoms with van der Waals surface area (Å²) in [5.41, 5.74) is 3.25. The number of anilines is 2. The summed E-state index contributed by atoms with van der Waals surface area (Å²) in [7, 11) is 2.16. The van der Waals surface area contributed by atoms with Gasteiger partial charge in [0.05, 0.1) is 0 Å². The maximum atomic E-state index is 11.9. The standard InChI is InChI=1S/C17H26N4O/c1-13-9-15(19-17(22)18-12-14-3-4-14)11-16(10-13)21-7-5-20(2)6-8-21/h9-11,14H,3-8,12H2,1-2H3,(H2,18,19,22). The maximum Gasteiger partial charge on any atom is 0.319 e. The first-order chi connectivity index (χ1) is 10.6.